The van der Waals surface area contributed by atoms with Gasteiger partial charge >= 0.3 is 0 Å². The highest BCUT2D eigenvalue weighted by Gasteiger charge is 2.18. The molecule has 1 N–H and O–H groups in total. The molecule has 0 aromatic carbocycles. The number of hydrogen-bond acceptors (Lipinski definition) is 2. The Morgan fingerprint density at radius 2 is 2.31 bits per heavy atom. The Kier molecular flexibility index (Phi) is 3.87. The molecular weight excluding hydrogens is 222 g/mol. The Morgan fingerprint density at radius 3 is 3.00 bits per heavy atom. The molecule has 0 bridgehead atoms. The zero-order valence-corrected chi connectivity index (χ0v) is 10.8. The first-order chi connectivity index (χ1) is 7.68. The highest BCUT2D eigenvalue weighted by atomic mass is 35.5. The monoisotopic (exact) mass is 241 g/mol. The van der Waals surface area contributed by atoms with E-state index in [4.69, 9.17) is 11.6 Å². The van der Waals surface area contributed by atoms with Crippen molar-refractivity contribution in [3.63, 3.8) is 0 Å². The van der Waals surface area contributed by atoms with E-state index in [2.05, 4.69) is 10.4 Å². The third-order valence-corrected chi connectivity index (χ3v) is 3.88. The largest absolute Gasteiger partial charge is 0.316 e. The first kappa shape index (κ1) is 11.9. The summed E-state index contributed by atoms with van der Waals surface area (Å²) in [6, 6.07) is 0. The van der Waals surface area contributed by atoms with Crippen LogP contribution in [0.1, 0.15) is 30.7 Å². The summed E-state index contributed by atoms with van der Waals surface area (Å²) in [5, 5.41) is 8.71. The Morgan fingerprint density at radius 1 is 1.50 bits per heavy atom. The minimum absolute atomic E-state index is 0.704. The lowest BCUT2D eigenvalue weighted by molar-refractivity contribution is 0.462. The number of aromatic nitrogens is 2. The molecule has 0 amide bonds. The van der Waals surface area contributed by atoms with Gasteiger partial charge in [0, 0.05) is 7.05 Å². The molecule has 16 heavy (non-hydrogen) atoms. The molecule has 0 saturated carbocycles. The third-order valence-electron chi connectivity index (χ3n) is 3.39. The van der Waals surface area contributed by atoms with Crippen molar-refractivity contribution in [2.24, 2.45) is 13.0 Å². The molecule has 2 heterocycles. The molecule has 4 heteroatoms. The van der Waals surface area contributed by atoms with Crippen LogP contribution >= 0.6 is 11.6 Å². The molecule has 3 nitrogen and oxygen atoms in total. The molecule has 1 unspecified atom stereocenters. The zero-order valence-electron chi connectivity index (χ0n) is 10.1. The Bertz CT molecular complexity index is 351. The van der Waals surface area contributed by atoms with Crippen molar-refractivity contribution in [1.29, 1.82) is 0 Å². The van der Waals surface area contributed by atoms with Gasteiger partial charge in [0.2, 0.25) is 0 Å². The number of hydrogen-bond donors (Lipinski definition) is 1. The Labute approximate surface area is 102 Å². The molecule has 1 saturated heterocycles. The molecule has 2 rings (SSSR count). The predicted molar refractivity (Wildman–Crippen MR) is 66.9 cm³/mol. The van der Waals surface area contributed by atoms with Crippen LogP contribution in [0.4, 0.5) is 0 Å². The highest BCUT2D eigenvalue weighted by Crippen LogP contribution is 2.24. The van der Waals surface area contributed by atoms with Gasteiger partial charge in [-0.25, -0.2) is 0 Å². The smallest absolute Gasteiger partial charge is 0.0847 e. The summed E-state index contributed by atoms with van der Waals surface area (Å²) < 4.78 is 1.93. The lowest BCUT2D eigenvalue weighted by Gasteiger charge is -2.14. The Hall–Kier alpha value is -0.540. The van der Waals surface area contributed by atoms with Gasteiger partial charge in [-0.05, 0) is 45.2 Å². The molecule has 90 valence electrons. The minimum atomic E-state index is 0.704. The molecule has 0 spiro atoms. The standard InChI is InChI=1S/C12H20ClN3/c1-9-12(13)11(16(2)15-9)7-10-5-3-4-6-14-8-10/h10,14H,3-8H2,1-2H3. The first-order valence-corrected chi connectivity index (χ1v) is 6.45. The number of nitrogens with one attached hydrogen (secondary N) is 1. The Balaban J connectivity index is 2.07. The molecule has 1 aromatic rings. The zero-order chi connectivity index (χ0) is 11.5. The summed E-state index contributed by atoms with van der Waals surface area (Å²) >= 11 is 6.27. The fraction of sp³-hybridized carbons (Fsp3) is 0.750. The van der Waals surface area contributed by atoms with Crippen molar-refractivity contribution in [3.8, 4) is 0 Å². The van der Waals surface area contributed by atoms with E-state index in [0.29, 0.717) is 5.92 Å². The second-order valence-electron chi connectivity index (χ2n) is 4.74. The second-order valence-corrected chi connectivity index (χ2v) is 5.12. The average Bonchev–Trinajstić information content (AvgIpc) is 2.51. The molecule has 0 aliphatic carbocycles. The van der Waals surface area contributed by atoms with Crippen LogP contribution in [0.15, 0.2) is 0 Å². The first-order valence-electron chi connectivity index (χ1n) is 6.07. The van der Waals surface area contributed by atoms with Gasteiger partial charge in [0.1, 0.15) is 0 Å². The van der Waals surface area contributed by atoms with Gasteiger partial charge < -0.3 is 5.32 Å². The van der Waals surface area contributed by atoms with Gasteiger partial charge in [0.25, 0.3) is 0 Å². The summed E-state index contributed by atoms with van der Waals surface area (Å²) in [4.78, 5) is 0. The number of nitrogens with zero attached hydrogens (tertiary/aromatic N) is 2. The van der Waals surface area contributed by atoms with Crippen molar-refractivity contribution in [3.05, 3.63) is 16.4 Å². The lowest BCUT2D eigenvalue weighted by atomic mass is 9.98. The van der Waals surface area contributed by atoms with Gasteiger partial charge in [-0.3, -0.25) is 4.68 Å². The molecule has 1 atom stereocenters. The fourth-order valence-corrected chi connectivity index (χ4v) is 2.68. The maximum Gasteiger partial charge on any atom is 0.0847 e. The SMILES string of the molecule is Cc1nn(C)c(CC2CCCCNC2)c1Cl. The van der Waals surface area contributed by atoms with Crippen molar-refractivity contribution in [1.82, 2.24) is 15.1 Å². The maximum absolute atomic E-state index is 6.27. The minimum Gasteiger partial charge on any atom is -0.316 e. The van der Waals surface area contributed by atoms with Crippen LogP contribution < -0.4 is 5.32 Å². The maximum atomic E-state index is 6.27. The van der Waals surface area contributed by atoms with Gasteiger partial charge in [0.05, 0.1) is 16.4 Å². The van der Waals surface area contributed by atoms with Gasteiger partial charge in [-0.1, -0.05) is 18.0 Å². The van der Waals surface area contributed by atoms with Crippen LogP contribution in [0.3, 0.4) is 0 Å². The average molecular weight is 242 g/mol. The van der Waals surface area contributed by atoms with Crippen LogP contribution in [-0.2, 0) is 13.5 Å². The van der Waals surface area contributed by atoms with Crippen molar-refractivity contribution in [2.45, 2.75) is 32.6 Å². The summed E-state index contributed by atoms with van der Waals surface area (Å²) in [6.07, 6.45) is 4.97. The van der Waals surface area contributed by atoms with Crippen LogP contribution in [0.5, 0.6) is 0 Å². The number of aryl methyl sites for hydroxylation is 2. The molecule has 1 aromatic heterocycles. The molecule has 0 radical (unpaired) electrons. The van der Waals surface area contributed by atoms with Crippen molar-refractivity contribution >= 4 is 11.6 Å². The summed E-state index contributed by atoms with van der Waals surface area (Å²) in [5.41, 5.74) is 2.13. The van der Waals surface area contributed by atoms with E-state index >= 15 is 0 Å². The van der Waals surface area contributed by atoms with Crippen LogP contribution in [0, 0.1) is 12.8 Å². The molecule has 1 fully saturated rings. The summed E-state index contributed by atoms with van der Waals surface area (Å²) in [6.45, 7) is 4.24. The number of rotatable bonds is 2. The van der Waals surface area contributed by atoms with Crippen LogP contribution in [0.2, 0.25) is 5.02 Å². The third kappa shape index (κ3) is 2.58. The second kappa shape index (κ2) is 5.19. The molecular formula is C12H20ClN3. The van der Waals surface area contributed by atoms with Crippen molar-refractivity contribution < 1.29 is 0 Å². The normalized spacial score (nSPS) is 22.1. The predicted octanol–water partition coefficient (Wildman–Crippen LogP) is 2.31. The summed E-state index contributed by atoms with van der Waals surface area (Å²) in [7, 11) is 1.98. The molecule has 1 aliphatic heterocycles. The number of halogens is 1. The highest BCUT2D eigenvalue weighted by molar-refractivity contribution is 6.31. The molecule has 1 aliphatic rings. The summed E-state index contributed by atoms with van der Waals surface area (Å²) in [5.74, 6) is 0.704. The van der Waals surface area contributed by atoms with E-state index in [1.165, 1.54) is 25.0 Å². The fourth-order valence-electron chi connectivity index (χ4n) is 2.44. The van der Waals surface area contributed by atoms with Crippen molar-refractivity contribution in [2.75, 3.05) is 13.1 Å². The van der Waals surface area contributed by atoms with Gasteiger partial charge in [0.15, 0.2) is 0 Å². The van der Waals surface area contributed by atoms with Gasteiger partial charge in [-0.2, -0.15) is 5.10 Å². The lowest BCUT2D eigenvalue weighted by Crippen LogP contribution is -2.22. The quantitative estimate of drug-likeness (QED) is 0.861. The topological polar surface area (TPSA) is 29.9 Å². The van der Waals surface area contributed by atoms with Gasteiger partial charge in [-0.15, -0.1) is 0 Å². The van der Waals surface area contributed by atoms with E-state index in [1.807, 2.05) is 18.7 Å². The van der Waals surface area contributed by atoms with E-state index in [9.17, 15) is 0 Å². The van der Waals surface area contributed by atoms with E-state index in [0.717, 1.165) is 30.2 Å². The van der Waals surface area contributed by atoms with E-state index < -0.39 is 0 Å². The van der Waals surface area contributed by atoms with E-state index in [1.54, 1.807) is 0 Å². The van der Waals surface area contributed by atoms with E-state index in [-0.39, 0.29) is 0 Å². The van der Waals surface area contributed by atoms with Crippen LogP contribution in [0.25, 0.3) is 0 Å². The van der Waals surface area contributed by atoms with Crippen LogP contribution in [-0.4, -0.2) is 22.9 Å².